The first-order valence-electron chi connectivity index (χ1n) is 7.62. The van der Waals surface area contributed by atoms with Crippen molar-refractivity contribution in [3.05, 3.63) is 33.8 Å². The number of carbonyl (C=O) groups excluding carboxylic acids is 2. The Bertz CT molecular complexity index is 593. The lowest BCUT2D eigenvalue weighted by Crippen LogP contribution is -2.37. The minimum atomic E-state index is -0.791. The summed E-state index contributed by atoms with van der Waals surface area (Å²) in [6, 6.07) is 4.48. The number of hydrogen-bond donors (Lipinski definition) is 3. The molecule has 0 radical (unpaired) electrons. The third-order valence-electron chi connectivity index (χ3n) is 3.23. The summed E-state index contributed by atoms with van der Waals surface area (Å²) in [6.45, 7) is 0.368. The van der Waals surface area contributed by atoms with Crippen molar-refractivity contribution in [2.24, 2.45) is 0 Å². The van der Waals surface area contributed by atoms with E-state index in [4.69, 9.17) is 28.3 Å². The Balaban J connectivity index is 2.16. The fraction of sp³-hybridized carbons (Fsp3) is 0.438. The number of benzene rings is 1. The molecule has 0 aromatic heterocycles. The molecule has 0 bridgehead atoms. The Hall–Kier alpha value is -1.79. The van der Waals surface area contributed by atoms with E-state index in [0.29, 0.717) is 23.6 Å². The van der Waals surface area contributed by atoms with E-state index in [9.17, 15) is 14.4 Å². The predicted octanol–water partition coefficient (Wildman–Crippen LogP) is 2.87. The van der Waals surface area contributed by atoms with Gasteiger partial charge in [-0.1, -0.05) is 36.0 Å². The van der Waals surface area contributed by atoms with E-state index >= 15 is 0 Å². The molecule has 0 aliphatic heterocycles. The number of carboxylic acid groups (broad SMARTS) is 1. The monoisotopic (exact) mass is 374 g/mol. The van der Waals surface area contributed by atoms with Crippen molar-refractivity contribution in [3.8, 4) is 0 Å². The summed E-state index contributed by atoms with van der Waals surface area (Å²) < 4.78 is 0. The standard InChI is InChI=1S/C16H20Cl2N2O4/c17-12-7-6-11(9-13(12)18)16(24)20-10-14(21)19-8-4-2-1-3-5-15(22)23/h6-7,9H,1-5,8,10H2,(H,19,21)(H,20,24)(H,22,23). The smallest absolute Gasteiger partial charge is 0.303 e. The lowest BCUT2D eigenvalue weighted by molar-refractivity contribution is -0.137. The molecule has 0 saturated heterocycles. The summed E-state index contributed by atoms with van der Waals surface area (Å²) in [4.78, 5) is 33.8. The summed E-state index contributed by atoms with van der Waals surface area (Å²) in [6.07, 6.45) is 3.25. The molecule has 8 heteroatoms. The summed E-state index contributed by atoms with van der Waals surface area (Å²) >= 11 is 11.6. The lowest BCUT2D eigenvalue weighted by atomic mass is 10.1. The van der Waals surface area contributed by atoms with Crippen LogP contribution in [0.25, 0.3) is 0 Å². The Morgan fingerprint density at radius 2 is 1.67 bits per heavy atom. The molecule has 0 saturated carbocycles. The second-order valence-corrected chi connectivity index (χ2v) is 6.03. The van der Waals surface area contributed by atoms with E-state index in [0.717, 1.165) is 19.3 Å². The second kappa shape index (κ2) is 10.9. The largest absolute Gasteiger partial charge is 0.481 e. The molecule has 1 aromatic rings. The van der Waals surface area contributed by atoms with Crippen LogP contribution in [-0.2, 0) is 9.59 Å². The van der Waals surface area contributed by atoms with E-state index in [-0.39, 0.29) is 23.9 Å². The Labute approximate surface area is 150 Å². The maximum absolute atomic E-state index is 11.9. The molecule has 0 atom stereocenters. The maximum atomic E-state index is 11.9. The number of amides is 2. The highest BCUT2D eigenvalue weighted by Gasteiger charge is 2.09. The van der Waals surface area contributed by atoms with Crippen LogP contribution in [0.5, 0.6) is 0 Å². The topological polar surface area (TPSA) is 95.5 Å². The van der Waals surface area contributed by atoms with Gasteiger partial charge < -0.3 is 15.7 Å². The van der Waals surface area contributed by atoms with Crippen LogP contribution < -0.4 is 10.6 Å². The molecule has 6 nitrogen and oxygen atoms in total. The lowest BCUT2D eigenvalue weighted by Gasteiger charge is -2.07. The molecule has 0 heterocycles. The molecule has 24 heavy (non-hydrogen) atoms. The van der Waals surface area contributed by atoms with Gasteiger partial charge in [-0.3, -0.25) is 14.4 Å². The van der Waals surface area contributed by atoms with Crippen LogP contribution in [0.15, 0.2) is 18.2 Å². The molecule has 0 aliphatic carbocycles. The van der Waals surface area contributed by atoms with Gasteiger partial charge in [0.15, 0.2) is 0 Å². The van der Waals surface area contributed by atoms with Crippen molar-refractivity contribution in [2.45, 2.75) is 32.1 Å². The number of carboxylic acids is 1. The molecule has 2 amide bonds. The van der Waals surface area contributed by atoms with E-state index in [1.165, 1.54) is 18.2 Å². The van der Waals surface area contributed by atoms with Crippen LogP contribution in [0.4, 0.5) is 0 Å². The minimum Gasteiger partial charge on any atom is -0.481 e. The fourth-order valence-electron chi connectivity index (χ4n) is 1.95. The van der Waals surface area contributed by atoms with E-state index < -0.39 is 11.9 Å². The van der Waals surface area contributed by atoms with Crippen molar-refractivity contribution in [2.75, 3.05) is 13.1 Å². The van der Waals surface area contributed by atoms with E-state index in [2.05, 4.69) is 10.6 Å². The fourth-order valence-corrected chi connectivity index (χ4v) is 2.24. The van der Waals surface area contributed by atoms with Crippen LogP contribution in [0.1, 0.15) is 42.5 Å². The van der Waals surface area contributed by atoms with Gasteiger partial charge in [0.2, 0.25) is 5.91 Å². The Kier molecular flexibility index (Phi) is 9.19. The minimum absolute atomic E-state index is 0.127. The normalized spacial score (nSPS) is 10.2. The molecule has 0 spiro atoms. The molecular weight excluding hydrogens is 355 g/mol. The molecule has 0 fully saturated rings. The first-order valence-corrected chi connectivity index (χ1v) is 8.37. The Morgan fingerprint density at radius 1 is 0.958 bits per heavy atom. The molecule has 1 aromatic carbocycles. The van der Waals surface area contributed by atoms with Crippen LogP contribution in [-0.4, -0.2) is 36.0 Å². The third-order valence-corrected chi connectivity index (χ3v) is 3.97. The van der Waals surface area contributed by atoms with Gasteiger partial charge in [-0.2, -0.15) is 0 Å². The average Bonchev–Trinajstić information content (AvgIpc) is 2.54. The summed E-state index contributed by atoms with van der Waals surface area (Å²) in [7, 11) is 0. The second-order valence-electron chi connectivity index (χ2n) is 5.22. The van der Waals surface area contributed by atoms with Crippen molar-refractivity contribution in [1.29, 1.82) is 0 Å². The highest BCUT2D eigenvalue weighted by atomic mass is 35.5. The van der Waals surface area contributed by atoms with Gasteiger partial charge in [-0.15, -0.1) is 0 Å². The van der Waals surface area contributed by atoms with Crippen LogP contribution in [0, 0.1) is 0 Å². The number of carbonyl (C=O) groups is 3. The molecular formula is C16H20Cl2N2O4. The van der Waals surface area contributed by atoms with Crippen LogP contribution in [0.3, 0.4) is 0 Å². The summed E-state index contributed by atoms with van der Waals surface area (Å²) in [5.41, 5.74) is 0.329. The van der Waals surface area contributed by atoms with E-state index in [1.807, 2.05) is 0 Å². The summed E-state index contributed by atoms with van der Waals surface area (Å²) in [5, 5.41) is 14.3. The van der Waals surface area contributed by atoms with Gasteiger partial charge in [0.05, 0.1) is 16.6 Å². The zero-order valence-corrected chi connectivity index (χ0v) is 14.6. The van der Waals surface area contributed by atoms with Gasteiger partial charge >= 0.3 is 5.97 Å². The number of halogens is 2. The van der Waals surface area contributed by atoms with Crippen LogP contribution >= 0.6 is 23.2 Å². The number of rotatable bonds is 10. The predicted molar refractivity (Wildman–Crippen MR) is 92.5 cm³/mol. The zero-order chi connectivity index (χ0) is 17.9. The number of aliphatic carboxylic acids is 1. The first-order chi connectivity index (χ1) is 11.4. The number of hydrogen-bond acceptors (Lipinski definition) is 3. The third kappa shape index (κ3) is 8.17. The van der Waals surface area contributed by atoms with Gasteiger partial charge in [0.25, 0.3) is 5.91 Å². The van der Waals surface area contributed by atoms with Crippen molar-refractivity contribution >= 4 is 41.0 Å². The molecule has 132 valence electrons. The van der Waals surface area contributed by atoms with Gasteiger partial charge in [-0.25, -0.2) is 0 Å². The van der Waals surface area contributed by atoms with Gasteiger partial charge in [0.1, 0.15) is 0 Å². The molecule has 3 N–H and O–H groups in total. The molecule has 1 rings (SSSR count). The van der Waals surface area contributed by atoms with Gasteiger partial charge in [-0.05, 0) is 31.0 Å². The SMILES string of the molecule is O=C(O)CCCCCCNC(=O)CNC(=O)c1ccc(Cl)c(Cl)c1. The van der Waals surface area contributed by atoms with Crippen molar-refractivity contribution in [1.82, 2.24) is 10.6 Å². The van der Waals surface area contributed by atoms with Crippen molar-refractivity contribution < 1.29 is 19.5 Å². The maximum Gasteiger partial charge on any atom is 0.303 e. The first kappa shape index (κ1) is 20.3. The molecule has 0 unspecified atom stereocenters. The van der Waals surface area contributed by atoms with Crippen molar-refractivity contribution in [3.63, 3.8) is 0 Å². The average molecular weight is 375 g/mol. The van der Waals surface area contributed by atoms with Crippen LogP contribution in [0.2, 0.25) is 10.0 Å². The van der Waals surface area contributed by atoms with Gasteiger partial charge in [0, 0.05) is 18.5 Å². The Morgan fingerprint density at radius 3 is 2.33 bits per heavy atom. The molecule has 0 aliphatic rings. The zero-order valence-electron chi connectivity index (χ0n) is 13.1. The highest BCUT2D eigenvalue weighted by molar-refractivity contribution is 6.42. The quantitative estimate of drug-likeness (QED) is 0.548. The number of unbranched alkanes of at least 4 members (excludes halogenated alkanes) is 3. The summed E-state index contributed by atoms with van der Waals surface area (Å²) in [5.74, 6) is -1.48. The number of nitrogens with one attached hydrogen (secondary N) is 2. The highest BCUT2D eigenvalue weighted by Crippen LogP contribution is 2.22. The van der Waals surface area contributed by atoms with E-state index in [1.54, 1.807) is 0 Å².